The maximum Gasteiger partial charge on any atom is 0.227 e. The summed E-state index contributed by atoms with van der Waals surface area (Å²) in [4.78, 5) is 15.7. The number of nitrogens with zero attached hydrogens (tertiary/aromatic N) is 2. The van der Waals surface area contributed by atoms with Gasteiger partial charge in [-0.05, 0) is 12.1 Å². The zero-order valence-electron chi connectivity index (χ0n) is 9.25. The van der Waals surface area contributed by atoms with E-state index in [2.05, 4.69) is 4.98 Å². The highest BCUT2D eigenvalue weighted by atomic mass is 32.1. The molecule has 2 heterocycles. The molecule has 1 aromatic carbocycles. The zero-order chi connectivity index (χ0) is 11.8. The summed E-state index contributed by atoms with van der Waals surface area (Å²) in [6.45, 7) is 1.56. The van der Waals surface area contributed by atoms with Gasteiger partial charge in [0.25, 0.3) is 0 Å². The minimum atomic E-state index is 0.0235. The first-order chi connectivity index (χ1) is 8.25. The highest BCUT2D eigenvalue weighted by molar-refractivity contribution is 7.07. The van der Waals surface area contributed by atoms with Gasteiger partial charge >= 0.3 is 0 Å². The predicted octanol–water partition coefficient (Wildman–Crippen LogP) is 3.42. The number of benzene rings is 1. The van der Waals surface area contributed by atoms with Gasteiger partial charge in [-0.1, -0.05) is 12.1 Å². The van der Waals surface area contributed by atoms with E-state index in [4.69, 9.17) is 0 Å². The fourth-order valence-electron chi connectivity index (χ4n) is 1.92. The number of fused-ring (bicyclic) bond motifs is 1. The monoisotopic (exact) mass is 242 g/mol. The van der Waals surface area contributed by atoms with Gasteiger partial charge in [-0.3, -0.25) is 9.36 Å². The van der Waals surface area contributed by atoms with Crippen molar-refractivity contribution in [1.82, 2.24) is 9.55 Å². The van der Waals surface area contributed by atoms with Crippen LogP contribution in [0, 0.1) is 0 Å². The summed E-state index contributed by atoms with van der Waals surface area (Å²) in [5.41, 5.74) is 4.74. The van der Waals surface area contributed by atoms with Crippen LogP contribution in [-0.2, 0) is 0 Å². The second kappa shape index (κ2) is 3.82. The lowest BCUT2D eigenvalue weighted by molar-refractivity contribution is 0.0941. The maximum absolute atomic E-state index is 11.5. The van der Waals surface area contributed by atoms with Gasteiger partial charge < -0.3 is 0 Å². The van der Waals surface area contributed by atoms with Crippen LogP contribution in [0.3, 0.4) is 0 Å². The molecule has 84 valence electrons. The smallest absolute Gasteiger partial charge is 0.227 e. The molecule has 0 spiro atoms. The quantitative estimate of drug-likeness (QED) is 0.655. The Morgan fingerprint density at radius 2 is 2.24 bits per heavy atom. The molecular formula is C13H10N2OS. The Morgan fingerprint density at radius 1 is 1.35 bits per heavy atom. The average Bonchev–Trinajstić information content (AvgIpc) is 2.97. The van der Waals surface area contributed by atoms with Crippen molar-refractivity contribution in [2.45, 2.75) is 6.92 Å². The molecule has 0 N–H and O–H groups in total. The van der Waals surface area contributed by atoms with Crippen molar-refractivity contribution in [3.63, 3.8) is 0 Å². The molecule has 0 atom stereocenters. The first-order valence-electron chi connectivity index (χ1n) is 5.26. The summed E-state index contributed by atoms with van der Waals surface area (Å²) >= 11 is 1.57. The molecule has 0 amide bonds. The van der Waals surface area contributed by atoms with E-state index >= 15 is 0 Å². The average molecular weight is 242 g/mol. The third-order valence-electron chi connectivity index (χ3n) is 2.76. The lowest BCUT2D eigenvalue weighted by Crippen LogP contribution is -2.02. The topological polar surface area (TPSA) is 34.9 Å². The molecule has 2 aromatic heterocycles. The lowest BCUT2D eigenvalue weighted by atomic mass is 10.1. The van der Waals surface area contributed by atoms with Gasteiger partial charge in [0.15, 0.2) is 0 Å². The zero-order valence-corrected chi connectivity index (χ0v) is 10.1. The van der Waals surface area contributed by atoms with Gasteiger partial charge in [0, 0.05) is 29.5 Å². The fraction of sp³-hybridized carbons (Fsp3) is 0.0769. The Bertz CT molecular complexity index is 683. The van der Waals surface area contributed by atoms with Crippen LogP contribution in [0.4, 0.5) is 0 Å². The van der Waals surface area contributed by atoms with E-state index in [1.54, 1.807) is 29.0 Å². The Morgan fingerprint density at radius 3 is 2.94 bits per heavy atom. The molecule has 0 bridgehead atoms. The van der Waals surface area contributed by atoms with Crippen molar-refractivity contribution in [3.05, 3.63) is 41.4 Å². The summed E-state index contributed by atoms with van der Waals surface area (Å²) in [5.74, 6) is 0.0235. The minimum Gasteiger partial charge on any atom is -0.287 e. The predicted molar refractivity (Wildman–Crippen MR) is 69.3 cm³/mol. The van der Waals surface area contributed by atoms with E-state index < -0.39 is 0 Å². The molecular weight excluding hydrogens is 232 g/mol. The normalized spacial score (nSPS) is 10.9. The highest BCUT2D eigenvalue weighted by Gasteiger charge is 2.07. The SMILES string of the molecule is CC(=O)n1ccc2ccc(-c3cscn3)cc21. The van der Waals surface area contributed by atoms with Gasteiger partial charge in [0.1, 0.15) is 0 Å². The molecule has 17 heavy (non-hydrogen) atoms. The van der Waals surface area contributed by atoms with Gasteiger partial charge in [-0.15, -0.1) is 11.3 Å². The Hall–Kier alpha value is -1.94. The van der Waals surface area contributed by atoms with Crippen molar-refractivity contribution in [2.24, 2.45) is 0 Å². The van der Waals surface area contributed by atoms with Gasteiger partial charge in [0.2, 0.25) is 5.91 Å². The highest BCUT2D eigenvalue weighted by Crippen LogP contribution is 2.24. The minimum absolute atomic E-state index is 0.0235. The van der Waals surface area contributed by atoms with Crippen LogP contribution < -0.4 is 0 Å². The first kappa shape index (κ1) is 10.2. The van der Waals surface area contributed by atoms with E-state index in [1.165, 1.54) is 0 Å². The van der Waals surface area contributed by atoms with Crippen molar-refractivity contribution < 1.29 is 4.79 Å². The van der Waals surface area contributed by atoms with Crippen molar-refractivity contribution in [2.75, 3.05) is 0 Å². The number of thiazole rings is 1. The van der Waals surface area contributed by atoms with Crippen LogP contribution in [0.2, 0.25) is 0 Å². The van der Waals surface area contributed by atoms with Crippen LogP contribution in [0.25, 0.3) is 22.2 Å². The molecule has 0 aliphatic heterocycles. The lowest BCUT2D eigenvalue weighted by Gasteiger charge is -2.01. The number of hydrogen-bond donors (Lipinski definition) is 0. The summed E-state index contributed by atoms with van der Waals surface area (Å²) in [5, 5.41) is 3.07. The van der Waals surface area contributed by atoms with Crippen LogP contribution in [0.5, 0.6) is 0 Å². The van der Waals surface area contributed by atoms with Crippen LogP contribution in [0.15, 0.2) is 41.4 Å². The molecule has 3 nitrogen and oxygen atoms in total. The molecule has 4 heteroatoms. The Kier molecular flexibility index (Phi) is 2.30. The second-order valence-corrected chi connectivity index (χ2v) is 4.57. The third-order valence-corrected chi connectivity index (χ3v) is 3.35. The van der Waals surface area contributed by atoms with Gasteiger partial charge in [-0.25, -0.2) is 4.98 Å². The molecule has 0 saturated carbocycles. The molecule has 0 aliphatic carbocycles. The number of carbonyl (C=O) groups is 1. The maximum atomic E-state index is 11.5. The van der Waals surface area contributed by atoms with E-state index in [0.717, 1.165) is 22.2 Å². The Labute approximate surface area is 102 Å². The molecule has 0 unspecified atom stereocenters. The van der Waals surface area contributed by atoms with Gasteiger partial charge in [-0.2, -0.15) is 0 Å². The fourth-order valence-corrected chi connectivity index (χ4v) is 2.48. The summed E-state index contributed by atoms with van der Waals surface area (Å²) in [7, 11) is 0. The van der Waals surface area contributed by atoms with Crippen molar-refractivity contribution in [1.29, 1.82) is 0 Å². The van der Waals surface area contributed by atoms with E-state index in [9.17, 15) is 4.79 Å². The summed E-state index contributed by atoms with van der Waals surface area (Å²) in [6, 6.07) is 8.00. The van der Waals surface area contributed by atoms with Crippen molar-refractivity contribution in [3.8, 4) is 11.3 Å². The van der Waals surface area contributed by atoms with Gasteiger partial charge in [0.05, 0.1) is 16.7 Å². The van der Waals surface area contributed by atoms with E-state index in [0.29, 0.717) is 0 Å². The Balaban J connectivity index is 2.24. The molecule has 0 fully saturated rings. The molecule has 3 aromatic rings. The molecule has 0 saturated heterocycles. The van der Waals surface area contributed by atoms with Crippen molar-refractivity contribution >= 4 is 28.1 Å². The summed E-state index contributed by atoms with van der Waals surface area (Å²) < 4.78 is 1.66. The molecule has 0 radical (unpaired) electrons. The van der Waals surface area contributed by atoms with Crippen LogP contribution >= 0.6 is 11.3 Å². The summed E-state index contributed by atoms with van der Waals surface area (Å²) in [6.07, 6.45) is 1.80. The van der Waals surface area contributed by atoms with Crippen LogP contribution in [0.1, 0.15) is 11.7 Å². The number of hydrogen-bond acceptors (Lipinski definition) is 3. The third kappa shape index (κ3) is 1.66. The largest absolute Gasteiger partial charge is 0.287 e. The number of carbonyl (C=O) groups excluding carboxylic acids is 1. The first-order valence-corrected chi connectivity index (χ1v) is 6.20. The van der Waals surface area contributed by atoms with Crippen LogP contribution in [-0.4, -0.2) is 15.5 Å². The molecule has 0 aliphatic rings. The standard InChI is InChI=1S/C13H10N2OS/c1-9(16)15-5-4-10-2-3-11(6-13(10)15)12-7-17-8-14-12/h2-8H,1H3. The van der Waals surface area contributed by atoms with E-state index in [-0.39, 0.29) is 5.91 Å². The number of aromatic nitrogens is 2. The molecule has 3 rings (SSSR count). The number of rotatable bonds is 1. The van der Waals surface area contributed by atoms with E-state index in [1.807, 2.05) is 35.2 Å². The second-order valence-electron chi connectivity index (χ2n) is 3.85.